The summed E-state index contributed by atoms with van der Waals surface area (Å²) < 4.78 is 5.41. The van der Waals surface area contributed by atoms with Gasteiger partial charge in [0.2, 0.25) is 0 Å². The van der Waals surface area contributed by atoms with Crippen LogP contribution in [0.15, 0.2) is 0 Å². The van der Waals surface area contributed by atoms with Crippen molar-refractivity contribution in [3.63, 3.8) is 0 Å². The smallest absolute Gasteiger partial charge is 0.410 e. The molecule has 2 saturated heterocycles. The van der Waals surface area contributed by atoms with Crippen molar-refractivity contribution in [2.75, 3.05) is 32.7 Å². The van der Waals surface area contributed by atoms with E-state index in [0.29, 0.717) is 18.9 Å². The van der Waals surface area contributed by atoms with E-state index in [1.807, 2.05) is 20.8 Å². The summed E-state index contributed by atoms with van der Waals surface area (Å²) in [5.41, 5.74) is -0.484. The third-order valence-corrected chi connectivity index (χ3v) is 3.83. The molecule has 1 amide bonds. The summed E-state index contributed by atoms with van der Waals surface area (Å²) in [6.07, 6.45) is 0.813. The average molecular weight is 282 g/mol. The molecular formula is C15H26N2O3. The molecule has 2 aliphatic rings. The minimum atomic E-state index is -0.484. The lowest BCUT2D eigenvalue weighted by Gasteiger charge is -2.44. The number of likely N-dealkylation sites (tertiary alicyclic amines) is 2. The fraction of sp³-hybridized carbons (Fsp3) is 0.867. The highest BCUT2D eigenvalue weighted by Crippen LogP contribution is 2.26. The fourth-order valence-electron chi connectivity index (χ4n) is 3.09. The molecule has 0 aromatic rings. The van der Waals surface area contributed by atoms with Gasteiger partial charge in [0.05, 0.1) is 0 Å². The molecule has 114 valence electrons. The number of nitrogens with zero attached hydrogens (tertiary/aromatic N) is 2. The molecule has 2 aliphatic heterocycles. The molecular weight excluding hydrogens is 256 g/mol. The number of hydrogen-bond donors (Lipinski definition) is 0. The summed E-state index contributed by atoms with van der Waals surface area (Å²) in [4.78, 5) is 28.4. The lowest BCUT2D eigenvalue weighted by molar-refractivity contribution is -0.136. The number of ether oxygens (including phenoxy) is 1. The van der Waals surface area contributed by atoms with Gasteiger partial charge in [0.1, 0.15) is 11.4 Å². The van der Waals surface area contributed by atoms with Crippen LogP contribution in [-0.4, -0.2) is 60.0 Å². The summed E-state index contributed by atoms with van der Waals surface area (Å²) in [5.74, 6) is 0.250. The molecule has 0 unspecified atom stereocenters. The zero-order chi connectivity index (χ0) is 14.9. The zero-order valence-electron chi connectivity index (χ0n) is 13.0. The van der Waals surface area contributed by atoms with E-state index in [0.717, 1.165) is 26.1 Å². The summed E-state index contributed by atoms with van der Waals surface area (Å²) in [5, 5.41) is 0. The Hall–Kier alpha value is -1.10. The molecule has 0 aromatic carbocycles. The van der Waals surface area contributed by atoms with Crippen LogP contribution >= 0.6 is 0 Å². The monoisotopic (exact) mass is 282 g/mol. The Balaban J connectivity index is 1.99. The molecule has 5 nitrogen and oxygen atoms in total. The Bertz CT molecular complexity index is 371. The number of hydrogen-bond acceptors (Lipinski definition) is 4. The van der Waals surface area contributed by atoms with E-state index in [9.17, 15) is 9.59 Å². The van der Waals surface area contributed by atoms with E-state index in [-0.39, 0.29) is 17.9 Å². The number of Topliss-reactive ketones (excluding diaryl/α,β-unsaturated/α-hetero) is 1. The molecule has 0 radical (unpaired) electrons. The Morgan fingerprint density at radius 3 is 2.20 bits per heavy atom. The lowest BCUT2D eigenvalue weighted by Crippen LogP contribution is -2.59. The molecule has 2 heterocycles. The second-order valence-electron chi connectivity index (χ2n) is 6.94. The van der Waals surface area contributed by atoms with Crippen LogP contribution in [0.3, 0.4) is 0 Å². The van der Waals surface area contributed by atoms with Crippen LogP contribution in [0.25, 0.3) is 0 Å². The van der Waals surface area contributed by atoms with E-state index in [4.69, 9.17) is 4.74 Å². The van der Waals surface area contributed by atoms with Gasteiger partial charge in [0.15, 0.2) is 0 Å². The number of carbonyl (C=O) groups excluding carboxylic acids is 2. The van der Waals surface area contributed by atoms with E-state index < -0.39 is 5.60 Å². The maximum Gasteiger partial charge on any atom is 0.410 e. The van der Waals surface area contributed by atoms with Crippen LogP contribution in [0, 0.1) is 11.8 Å². The van der Waals surface area contributed by atoms with Gasteiger partial charge >= 0.3 is 6.09 Å². The second-order valence-corrected chi connectivity index (χ2v) is 6.94. The van der Waals surface area contributed by atoms with Gasteiger partial charge in [0, 0.05) is 38.0 Å². The van der Waals surface area contributed by atoms with Crippen LogP contribution in [0.4, 0.5) is 4.79 Å². The van der Waals surface area contributed by atoms with Crippen LogP contribution < -0.4 is 0 Å². The third kappa shape index (κ3) is 3.51. The Morgan fingerprint density at radius 1 is 1.20 bits per heavy atom. The number of ketones is 1. The quantitative estimate of drug-likeness (QED) is 0.774. The predicted octanol–water partition coefficient (Wildman–Crippen LogP) is 1.76. The van der Waals surface area contributed by atoms with E-state index >= 15 is 0 Å². The van der Waals surface area contributed by atoms with Crippen LogP contribution in [-0.2, 0) is 9.53 Å². The second kappa shape index (κ2) is 5.72. The van der Waals surface area contributed by atoms with Crippen LogP contribution in [0.2, 0.25) is 0 Å². The summed E-state index contributed by atoms with van der Waals surface area (Å²) >= 11 is 0. The van der Waals surface area contributed by atoms with Crippen molar-refractivity contribution in [2.45, 2.75) is 39.7 Å². The molecule has 0 N–H and O–H groups in total. The van der Waals surface area contributed by atoms with Crippen molar-refractivity contribution in [3.05, 3.63) is 0 Å². The minimum Gasteiger partial charge on any atom is -0.444 e. The van der Waals surface area contributed by atoms with Crippen molar-refractivity contribution in [2.24, 2.45) is 11.8 Å². The largest absolute Gasteiger partial charge is 0.444 e. The number of rotatable bonds is 2. The average Bonchev–Trinajstić information content (AvgIpc) is 2.28. The number of amides is 1. The molecule has 2 bridgehead atoms. The highest BCUT2D eigenvalue weighted by atomic mass is 16.6. The molecule has 2 fully saturated rings. The van der Waals surface area contributed by atoms with Crippen molar-refractivity contribution >= 4 is 11.9 Å². The normalized spacial score (nSPS) is 27.6. The van der Waals surface area contributed by atoms with Gasteiger partial charge in [-0.3, -0.25) is 4.79 Å². The van der Waals surface area contributed by atoms with E-state index in [1.54, 1.807) is 4.90 Å². The molecule has 0 aromatic heterocycles. The first kappa shape index (κ1) is 15.3. The molecule has 5 heteroatoms. The van der Waals surface area contributed by atoms with Gasteiger partial charge in [0.25, 0.3) is 0 Å². The maximum atomic E-state index is 12.2. The number of carbonyl (C=O) groups is 2. The van der Waals surface area contributed by atoms with Crippen LogP contribution in [0.5, 0.6) is 0 Å². The Kier molecular flexibility index (Phi) is 4.37. The van der Waals surface area contributed by atoms with Gasteiger partial charge in [-0.1, -0.05) is 6.92 Å². The van der Waals surface area contributed by atoms with Gasteiger partial charge in [-0.15, -0.1) is 0 Å². The predicted molar refractivity (Wildman–Crippen MR) is 76.5 cm³/mol. The fourth-order valence-corrected chi connectivity index (χ4v) is 3.09. The summed E-state index contributed by atoms with van der Waals surface area (Å²) in [6, 6.07) is 0. The van der Waals surface area contributed by atoms with Crippen molar-refractivity contribution in [1.29, 1.82) is 0 Å². The number of fused-ring (bicyclic) bond motifs is 2. The molecule has 20 heavy (non-hydrogen) atoms. The van der Waals surface area contributed by atoms with Gasteiger partial charge in [-0.2, -0.15) is 0 Å². The third-order valence-electron chi connectivity index (χ3n) is 3.83. The van der Waals surface area contributed by atoms with Crippen molar-refractivity contribution in [1.82, 2.24) is 9.80 Å². The van der Waals surface area contributed by atoms with E-state index in [1.165, 1.54) is 0 Å². The molecule has 0 aliphatic carbocycles. The first-order valence-electron chi connectivity index (χ1n) is 7.54. The highest BCUT2D eigenvalue weighted by molar-refractivity contribution is 5.87. The Morgan fingerprint density at radius 2 is 1.75 bits per heavy atom. The first-order chi connectivity index (χ1) is 9.30. The van der Waals surface area contributed by atoms with Crippen molar-refractivity contribution in [3.8, 4) is 0 Å². The Labute approximate surface area is 121 Å². The zero-order valence-corrected chi connectivity index (χ0v) is 13.0. The lowest BCUT2D eigenvalue weighted by atomic mass is 9.83. The SMILES string of the molecule is CCCN1C[C@@H]2CN(C(=O)OC(C)(C)C)C[C@H](C1)C2=O. The topological polar surface area (TPSA) is 49.9 Å². The van der Waals surface area contributed by atoms with Crippen molar-refractivity contribution < 1.29 is 14.3 Å². The summed E-state index contributed by atoms with van der Waals surface area (Å²) in [7, 11) is 0. The van der Waals surface area contributed by atoms with Crippen LogP contribution in [0.1, 0.15) is 34.1 Å². The summed E-state index contributed by atoms with van der Waals surface area (Å²) in [6.45, 7) is 11.4. The molecule has 0 saturated carbocycles. The van der Waals surface area contributed by atoms with E-state index in [2.05, 4.69) is 11.8 Å². The molecule has 0 spiro atoms. The minimum absolute atomic E-state index is 0.0402. The standard InChI is InChI=1S/C15H26N2O3/c1-5-6-16-7-11-9-17(10-12(8-16)13(11)18)14(19)20-15(2,3)4/h11-12H,5-10H2,1-4H3/t11-,12+. The maximum absolute atomic E-state index is 12.2. The van der Waals surface area contributed by atoms with Gasteiger partial charge in [-0.25, -0.2) is 4.79 Å². The molecule has 2 rings (SSSR count). The highest BCUT2D eigenvalue weighted by Gasteiger charge is 2.43. The molecule has 2 atom stereocenters. The van der Waals surface area contributed by atoms with Gasteiger partial charge in [-0.05, 0) is 33.7 Å². The first-order valence-corrected chi connectivity index (χ1v) is 7.54. The number of piperidine rings is 2. The van der Waals surface area contributed by atoms with Gasteiger partial charge < -0.3 is 14.5 Å².